The number of ether oxygens (including phenoxy) is 1. The van der Waals surface area contributed by atoms with Crippen molar-refractivity contribution in [2.75, 3.05) is 26.7 Å². The van der Waals surface area contributed by atoms with Crippen molar-refractivity contribution in [2.45, 2.75) is 19.3 Å². The lowest BCUT2D eigenvalue weighted by Gasteiger charge is -2.33. The molecule has 2 atom stereocenters. The van der Waals surface area contributed by atoms with Gasteiger partial charge in [0.1, 0.15) is 0 Å². The van der Waals surface area contributed by atoms with E-state index in [0.29, 0.717) is 18.4 Å². The topological polar surface area (TPSA) is 50.4 Å². The number of hydrogen-bond donors (Lipinski definition) is 2. The Morgan fingerprint density at radius 1 is 1.47 bits per heavy atom. The molecule has 0 aliphatic carbocycles. The number of benzene rings is 1. The van der Waals surface area contributed by atoms with Crippen molar-refractivity contribution in [1.82, 2.24) is 10.6 Å². The van der Waals surface area contributed by atoms with Gasteiger partial charge in [-0.25, -0.2) is 4.79 Å². The van der Waals surface area contributed by atoms with Gasteiger partial charge in [0, 0.05) is 13.1 Å². The van der Waals surface area contributed by atoms with Crippen molar-refractivity contribution in [2.24, 2.45) is 5.92 Å². The predicted octanol–water partition coefficient (Wildman–Crippen LogP) is 2.04. The fraction of sp³-hybridized carbons (Fsp3) is 0.533. The molecule has 0 bridgehead atoms. The highest BCUT2D eigenvalue weighted by atomic mass is 16.5. The summed E-state index contributed by atoms with van der Waals surface area (Å²) in [5, 5.41) is 6.22. The number of nitrogens with one attached hydrogen (secondary N) is 2. The van der Waals surface area contributed by atoms with E-state index in [0.717, 1.165) is 19.5 Å². The van der Waals surface area contributed by atoms with Crippen LogP contribution in [0.4, 0.5) is 4.79 Å². The van der Waals surface area contributed by atoms with E-state index in [4.69, 9.17) is 0 Å². The number of methoxy groups -OCH3 is 1. The number of carbonyl (C=O) groups excluding carboxylic acids is 1. The lowest BCUT2D eigenvalue weighted by Crippen LogP contribution is -2.42. The van der Waals surface area contributed by atoms with Gasteiger partial charge in [0.2, 0.25) is 0 Å². The highest BCUT2D eigenvalue weighted by Gasteiger charge is 2.27. The summed E-state index contributed by atoms with van der Waals surface area (Å²) in [7, 11) is 1.40. The number of piperidine rings is 1. The van der Waals surface area contributed by atoms with E-state index in [1.807, 2.05) is 0 Å². The van der Waals surface area contributed by atoms with Crippen LogP contribution >= 0.6 is 0 Å². The molecule has 0 saturated carbocycles. The van der Waals surface area contributed by atoms with E-state index in [1.165, 1.54) is 18.2 Å². The standard InChI is InChI=1S/C15H22N2O2/c1-11-5-3-4-6-13(11)14-7-8-16-9-12(14)10-17-15(18)19-2/h3-6,12,14,16H,7-10H2,1-2H3,(H,17,18)/t12-,14+/m1/s1. The molecule has 0 aromatic heterocycles. The Morgan fingerprint density at radius 2 is 2.26 bits per heavy atom. The van der Waals surface area contributed by atoms with Gasteiger partial charge in [-0.3, -0.25) is 0 Å². The molecule has 4 heteroatoms. The zero-order valence-corrected chi connectivity index (χ0v) is 11.6. The van der Waals surface area contributed by atoms with Crippen LogP contribution in [0.15, 0.2) is 24.3 Å². The summed E-state index contributed by atoms with van der Waals surface area (Å²) in [6.07, 6.45) is 0.757. The second-order valence-electron chi connectivity index (χ2n) is 5.09. The molecule has 1 amide bonds. The molecule has 1 saturated heterocycles. The van der Waals surface area contributed by atoms with Crippen molar-refractivity contribution >= 4 is 6.09 Å². The number of alkyl carbamates (subject to hydrolysis) is 1. The molecule has 1 heterocycles. The Labute approximate surface area is 114 Å². The summed E-state index contributed by atoms with van der Waals surface area (Å²) in [6.45, 7) is 4.78. The van der Waals surface area contributed by atoms with E-state index >= 15 is 0 Å². The molecule has 1 aromatic carbocycles. The molecule has 1 aliphatic rings. The van der Waals surface area contributed by atoms with Gasteiger partial charge in [-0.2, -0.15) is 0 Å². The first-order valence-electron chi connectivity index (χ1n) is 6.80. The average Bonchev–Trinajstić information content (AvgIpc) is 2.45. The minimum Gasteiger partial charge on any atom is -0.453 e. The Morgan fingerprint density at radius 3 is 3.00 bits per heavy atom. The van der Waals surface area contributed by atoms with Crippen LogP contribution in [0.5, 0.6) is 0 Å². The van der Waals surface area contributed by atoms with E-state index in [2.05, 4.69) is 46.6 Å². The van der Waals surface area contributed by atoms with E-state index in [-0.39, 0.29) is 6.09 Å². The maximum atomic E-state index is 11.2. The van der Waals surface area contributed by atoms with Crippen LogP contribution in [0.25, 0.3) is 0 Å². The van der Waals surface area contributed by atoms with Gasteiger partial charge in [0.25, 0.3) is 0 Å². The number of carbonyl (C=O) groups is 1. The molecule has 0 spiro atoms. The van der Waals surface area contributed by atoms with E-state index in [1.54, 1.807) is 0 Å². The average molecular weight is 262 g/mol. The first kappa shape index (κ1) is 13.9. The molecular weight excluding hydrogens is 240 g/mol. The first-order chi connectivity index (χ1) is 9.22. The van der Waals surface area contributed by atoms with Crippen LogP contribution in [0.1, 0.15) is 23.5 Å². The fourth-order valence-electron chi connectivity index (χ4n) is 2.84. The zero-order chi connectivity index (χ0) is 13.7. The van der Waals surface area contributed by atoms with Crippen LogP contribution in [0, 0.1) is 12.8 Å². The Balaban J connectivity index is 2.08. The minimum atomic E-state index is -0.353. The summed E-state index contributed by atoms with van der Waals surface area (Å²) in [5.41, 5.74) is 2.73. The summed E-state index contributed by atoms with van der Waals surface area (Å²) in [5.74, 6) is 0.911. The molecule has 104 valence electrons. The molecule has 1 aliphatic heterocycles. The van der Waals surface area contributed by atoms with Gasteiger partial charge in [-0.05, 0) is 42.9 Å². The zero-order valence-electron chi connectivity index (χ0n) is 11.6. The second kappa shape index (κ2) is 6.57. The van der Waals surface area contributed by atoms with Gasteiger partial charge in [-0.1, -0.05) is 24.3 Å². The van der Waals surface area contributed by atoms with Crippen LogP contribution < -0.4 is 10.6 Å². The Bertz CT molecular complexity index is 434. The monoisotopic (exact) mass is 262 g/mol. The molecule has 4 nitrogen and oxygen atoms in total. The van der Waals surface area contributed by atoms with Crippen LogP contribution in [-0.4, -0.2) is 32.8 Å². The highest BCUT2D eigenvalue weighted by molar-refractivity contribution is 5.66. The normalized spacial score (nSPS) is 22.8. The van der Waals surface area contributed by atoms with Crippen molar-refractivity contribution in [1.29, 1.82) is 0 Å². The van der Waals surface area contributed by atoms with Crippen LogP contribution in [0.2, 0.25) is 0 Å². The number of amides is 1. The quantitative estimate of drug-likeness (QED) is 0.876. The predicted molar refractivity (Wildman–Crippen MR) is 75.3 cm³/mol. The fourth-order valence-corrected chi connectivity index (χ4v) is 2.84. The van der Waals surface area contributed by atoms with Crippen molar-refractivity contribution in [3.05, 3.63) is 35.4 Å². The summed E-state index contributed by atoms with van der Waals surface area (Å²) in [4.78, 5) is 11.2. The SMILES string of the molecule is COC(=O)NC[C@H]1CNCC[C@@H]1c1ccccc1C. The molecule has 0 radical (unpaired) electrons. The van der Waals surface area contributed by atoms with Crippen LogP contribution in [-0.2, 0) is 4.74 Å². The molecule has 2 rings (SSSR count). The largest absolute Gasteiger partial charge is 0.453 e. The van der Waals surface area contributed by atoms with Crippen molar-refractivity contribution in [3.63, 3.8) is 0 Å². The second-order valence-corrected chi connectivity index (χ2v) is 5.09. The third-order valence-corrected chi connectivity index (χ3v) is 3.89. The molecular formula is C15H22N2O2. The maximum Gasteiger partial charge on any atom is 0.406 e. The van der Waals surface area contributed by atoms with Gasteiger partial charge >= 0.3 is 6.09 Å². The highest BCUT2D eigenvalue weighted by Crippen LogP contribution is 2.31. The lowest BCUT2D eigenvalue weighted by atomic mass is 9.79. The van der Waals surface area contributed by atoms with Gasteiger partial charge in [-0.15, -0.1) is 0 Å². The van der Waals surface area contributed by atoms with Gasteiger partial charge in [0.15, 0.2) is 0 Å². The van der Waals surface area contributed by atoms with Gasteiger partial charge in [0.05, 0.1) is 7.11 Å². The molecule has 2 N–H and O–H groups in total. The first-order valence-corrected chi connectivity index (χ1v) is 6.80. The Kier molecular flexibility index (Phi) is 4.80. The molecule has 19 heavy (non-hydrogen) atoms. The summed E-state index contributed by atoms with van der Waals surface area (Å²) >= 11 is 0. The van der Waals surface area contributed by atoms with E-state index in [9.17, 15) is 4.79 Å². The number of hydrogen-bond acceptors (Lipinski definition) is 3. The minimum absolute atomic E-state index is 0.353. The number of rotatable bonds is 3. The lowest BCUT2D eigenvalue weighted by molar-refractivity contribution is 0.167. The molecule has 1 fully saturated rings. The van der Waals surface area contributed by atoms with E-state index < -0.39 is 0 Å². The maximum absolute atomic E-state index is 11.2. The number of aryl methyl sites for hydroxylation is 1. The van der Waals surface area contributed by atoms with Crippen LogP contribution in [0.3, 0.4) is 0 Å². The molecule has 1 aromatic rings. The summed E-state index contributed by atoms with van der Waals surface area (Å²) < 4.78 is 4.64. The Hall–Kier alpha value is -1.55. The smallest absolute Gasteiger partial charge is 0.406 e. The molecule has 0 unspecified atom stereocenters. The van der Waals surface area contributed by atoms with Gasteiger partial charge < -0.3 is 15.4 Å². The third-order valence-electron chi connectivity index (χ3n) is 3.89. The summed E-state index contributed by atoms with van der Waals surface area (Å²) in [6, 6.07) is 8.52. The van der Waals surface area contributed by atoms with Crippen molar-refractivity contribution in [3.8, 4) is 0 Å². The third kappa shape index (κ3) is 3.47. The van der Waals surface area contributed by atoms with Crippen molar-refractivity contribution < 1.29 is 9.53 Å².